The van der Waals surface area contributed by atoms with Crippen LogP contribution in [0.2, 0.25) is 0 Å². The number of halogens is 3. The molecule has 0 aromatic heterocycles. The van der Waals surface area contributed by atoms with E-state index in [-0.39, 0.29) is 23.1 Å². The zero-order valence-corrected chi connectivity index (χ0v) is 18.3. The first kappa shape index (κ1) is 22.4. The van der Waals surface area contributed by atoms with E-state index in [1.54, 1.807) is 13.1 Å². The highest BCUT2D eigenvalue weighted by molar-refractivity contribution is 5.85. The Balaban J connectivity index is 1.58. The zero-order chi connectivity index (χ0) is 23.3. The number of hydrogen-bond acceptors (Lipinski definition) is 4. The molecule has 2 aliphatic heterocycles. The van der Waals surface area contributed by atoms with E-state index >= 15 is 0 Å². The number of nitrogens with one attached hydrogen (secondary N) is 1. The average molecular weight is 448 g/mol. The molecular weight excluding hydrogens is 421 g/mol. The lowest BCUT2D eigenvalue weighted by atomic mass is 9.70. The monoisotopic (exact) mass is 448 g/mol. The van der Waals surface area contributed by atoms with Gasteiger partial charge in [0, 0.05) is 49.7 Å². The van der Waals surface area contributed by atoms with Crippen LogP contribution in [0.15, 0.2) is 18.2 Å². The van der Waals surface area contributed by atoms with E-state index in [1.807, 2.05) is 16.7 Å². The smallest absolute Gasteiger partial charge is 0.370 e. The molecule has 172 valence electrons. The second-order valence-electron chi connectivity index (χ2n) is 9.60. The molecule has 1 saturated carbocycles. The first-order chi connectivity index (χ1) is 15.0. The van der Waals surface area contributed by atoms with E-state index in [9.17, 15) is 22.8 Å². The molecule has 2 saturated heterocycles. The van der Waals surface area contributed by atoms with Gasteiger partial charge in [-0.05, 0) is 43.9 Å². The Morgan fingerprint density at radius 3 is 2.38 bits per heavy atom. The number of anilines is 1. The van der Waals surface area contributed by atoms with E-state index in [0.29, 0.717) is 44.7 Å². The van der Waals surface area contributed by atoms with Gasteiger partial charge in [-0.3, -0.25) is 9.59 Å². The van der Waals surface area contributed by atoms with Gasteiger partial charge >= 0.3 is 6.18 Å². The number of likely N-dealkylation sites (tertiary alicyclic amines) is 1. The molecule has 1 N–H and O–H groups in total. The highest BCUT2D eigenvalue weighted by atomic mass is 19.4. The fraction of sp³-hybridized carbons (Fsp3) is 0.609. The number of carbonyl (C=O) groups excluding carboxylic acids is 2. The minimum Gasteiger partial charge on any atom is -0.370 e. The standard InChI is InChI=1S/C23H27F3N4O2/c1-21(5-6-21)20(32)29-9-7-22(8-10-29)14-30(13-18(22)19(31)28-2)16-4-3-15(12-27)17(11-16)23(24,25)26/h3-4,11,18H,5-10,13-14H2,1-2H3,(H,28,31). The first-order valence-corrected chi connectivity index (χ1v) is 10.9. The Labute approximate surface area is 185 Å². The van der Waals surface area contributed by atoms with Crippen molar-refractivity contribution in [1.29, 1.82) is 5.26 Å². The topological polar surface area (TPSA) is 76.4 Å². The van der Waals surface area contributed by atoms with Crippen molar-refractivity contribution in [1.82, 2.24) is 10.2 Å². The molecule has 1 unspecified atom stereocenters. The van der Waals surface area contributed by atoms with Crippen LogP contribution in [0.5, 0.6) is 0 Å². The highest BCUT2D eigenvalue weighted by Crippen LogP contribution is 2.50. The van der Waals surface area contributed by atoms with E-state index in [1.165, 1.54) is 12.1 Å². The summed E-state index contributed by atoms with van der Waals surface area (Å²) in [5.41, 5.74) is -1.69. The summed E-state index contributed by atoms with van der Waals surface area (Å²) in [5.74, 6) is -0.349. The second-order valence-corrected chi connectivity index (χ2v) is 9.60. The van der Waals surface area contributed by atoms with Gasteiger partial charge in [-0.25, -0.2) is 0 Å². The summed E-state index contributed by atoms with van der Waals surface area (Å²) in [6.07, 6.45) is -1.56. The summed E-state index contributed by atoms with van der Waals surface area (Å²) in [7, 11) is 1.56. The Kier molecular flexibility index (Phi) is 5.38. The van der Waals surface area contributed by atoms with E-state index in [0.717, 1.165) is 18.9 Å². The van der Waals surface area contributed by atoms with Gasteiger partial charge in [-0.2, -0.15) is 18.4 Å². The number of nitriles is 1. The summed E-state index contributed by atoms with van der Waals surface area (Å²) in [4.78, 5) is 29.2. The van der Waals surface area contributed by atoms with Crippen LogP contribution in [0.1, 0.15) is 43.7 Å². The molecule has 3 fully saturated rings. The molecule has 32 heavy (non-hydrogen) atoms. The Morgan fingerprint density at radius 1 is 1.19 bits per heavy atom. The molecule has 1 spiro atoms. The summed E-state index contributed by atoms with van der Waals surface area (Å²) in [5, 5.41) is 11.8. The fourth-order valence-corrected chi connectivity index (χ4v) is 5.21. The van der Waals surface area contributed by atoms with Gasteiger partial charge in [-0.1, -0.05) is 6.92 Å². The lowest BCUT2D eigenvalue weighted by molar-refractivity contribution is -0.140. The van der Waals surface area contributed by atoms with Gasteiger partial charge in [0.05, 0.1) is 23.1 Å². The van der Waals surface area contributed by atoms with Crippen molar-refractivity contribution >= 4 is 17.5 Å². The van der Waals surface area contributed by atoms with Crippen molar-refractivity contribution in [3.63, 3.8) is 0 Å². The van der Waals surface area contributed by atoms with Crippen LogP contribution < -0.4 is 10.2 Å². The number of carbonyl (C=O) groups is 2. The maximum Gasteiger partial charge on any atom is 0.417 e. The minimum absolute atomic E-state index is 0.133. The van der Waals surface area contributed by atoms with Gasteiger partial charge in [-0.15, -0.1) is 0 Å². The van der Waals surface area contributed by atoms with Gasteiger partial charge in [0.2, 0.25) is 11.8 Å². The largest absolute Gasteiger partial charge is 0.417 e. The minimum atomic E-state index is -4.64. The molecule has 2 amide bonds. The normalized spacial score (nSPS) is 23.7. The lowest BCUT2D eigenvalue weighted by Gasteiger charge is -2.42. The number of alkyl halides is 3. The molecule has 1 aliphatic carbocycles. The first-order valence-electron chi connectivity index (χ1n) is 10.9. The number of amides is 2. The number of piperidine rings is 1. The van der Waals surface area contributed by atoms with E-state index in [2.05, 4.69) is 5.32 Å². The van der Waals surface area contributed by atoms with Crippen molar-refractivity contribution in [2.75, 3.05) is 38.1 Å². The second kappa shape index (κ2) is 7.68. The molecule has 9 heteroatoms. The van der Waals surface area contributed by atoms with Gasteiger partial charge in [0.1, 0.15) is 0 Å². The van der Waals surface area contributed by atoms with Crippen molar-refractivity contribution in [2.45, 2.75) is 38.8 Å². The van der Waals surface area contributed by atoms with Crippen molar-refractivity contribution < 1.29 is 22.8 Å². The van der Waals surface area contributed by atoms with Crippen LogP contribution >= 0.6 is 0 Å². The van der Waals surface area contributed by atoms with Crippen molar-refractivity contribution in [3.05, 3.63) is 29.3 Å². The molecule has 1 atom stereocenters. The molecule has 2 heterocycles. The van der Waals surface area contributed by atoms with Crippen molar-refractivity contribution in [2.24, 2.45) is 16.7 Å². The SMILES string of the molecule is CNC(=O)C1CN(c2ccc(C#N)c(C(F)(F)F)c2)CC12CCN(C(=O)C1(C)CC1)CC2. The number of hydrogen-bond donors (Lipinski definition) is 1. The summed E-state index contributed by atoms with van der Waals surface area (Å²) < 4.78 is 40.4. The number of rotatable bonds is 3. The number of nitrogens with zero attached hydrogens (tertiary/aromatic N) is 3. The summed E-state index contributed by atoms with van der Waals surface area (Å²) >= 11 is 0. The van der Waals surface area contributed by atoms with Crippen LogP contribution in [0.4, 0.5) is 18.9 Å². The number of benzene rings is 1. The maximum absolute atomic E-state index is 13.5. The van der Waals surface area contributed by atoms with Gasteiger partial charge in [0.25, 0.3) is 0 Å². The van der Waals surface area contributed by atoms with Crippen LogP contribution in [0, 0.1) is 28.1 Å². The molecule has 6 nitrogen and oxygen atoms in total. The molecule has 0 radical (unpaired) electrons. The van der Waals surface area contributed by atoms with Crippen LogP contribution in [-0.4, -0.2) is 49.9 Å². The highest BCUT2D eigenvalue weighted by Gasteiger charge is 2.54. The van der Waals surface area contributed by atoms with E-state index < -0.39 is 22.7 Å². The van der Waals surface area contributed by atoms with Crippen LogP contribution in [0.3, 0.4) is 0 Å². The maximum atomic E-state index is 13.5. The predicted octanol–water partition coefficient (Wildman–Crippen LogP) is 3.17. The molecule has 4 rings (SSSR count). The Hall–Kier alpha value is -2.76. The van der Waals surface area contributed by atoms with E-state index in [4.69, 9.17) is 5.26 Å². The molecule has 1 aromatic carbocycles. The zero-order valence-electron chi connectivity index (χ0n) is 18.3. The van der Waals surface area contributed by atoms with Gasteiger partial charge in [0.15, 0.2) is 0 Å². The molecule has 0 bridgehead atoms. The summed E-state index contributed by atoms with van der Waals surface area (Å²) in [6, 6.07) is 5.31. The fourth-order valence-electron chi connectivity index (χ4n) is 5.21. The third-order valence-electron chi connectivity index (χ3n) is 7.57. The molecule has 3 aliphatic rings. The molecule has 1 aromatic rings. The molecular formula is C23H27F3N4O2. The Morgan fingerprint density at radius 2 is 1.84 bits per heavy atom. The quantitative estimate of drug-likeness (QED) is 0.771. The third kappa shape index (κ3) is 3.80. The average Bonchev–Trinajstić information content (AvgIpc) is 3.43. The third-order valence-corrected chi connectivity index (χ3v) is 7.57. The predicted molar refractivity (Wildman–Crippen MR) is 112 cm³/mol. The van der Waals surface area contributed by atoms with Gasteiger partial charge < -0.3 is 15.1 Å². The summed E-state index contributed by atoms with van der Waals surface area (Å²) in [6.45, 7) is 3.82. The van der Waals surface area contributed by atoms with Crippen LogP contribution in [0.25, 0.3) is 0 Å². The van der Waals surface area contributed by atoms with Crippen LogP contribution in [-0.2, 0) is 15.8 Å². The van der Waals surface area contributed by atoms with Crippen molar-refractivity contribution in [3.8, 4) is 6.07 Å². The lowest BCUT2D eigenvalue weighted by Crippen LogP contribution is -2.50. The Bertz CT molecular complexity index is 972.